The van der Waals surface area contributed by atoms with E-state index in [1.54, 1.807) is 20.4 Å². The molecule has 2 heterocycles. The van der Waals surface area contributed by atoms with Crippen molar-refractivity contribution in [3.8, 4) is 17.6 Å². The highest BCUT2D eigenvalue weighted by Gasteiger charge is 2.28. The second-order valence-corrected chi connectivity index (χ2v) is 5.36. The van der Waals surface area contributed by atoms with Gasteiger partial charge in [-0.3, -0.25) is 0 Å². The predicted molar refractivity (Wildman–Crippen MR) is 86.2 cm³/mol. The maximum absolute atomic E-state index is 9.41. The molecule has 1 unspecified atom stereocenters. The Labute approximate surface area is 134 Å². The summed E-state index contributed by atoms with van der Waals surface area (Å²) in [5.41, 5.74) is 9.28. The number of para-hydroxylation sites is 1. The van der Waals surface area contributed by atoms with Crippen molar-refractivity contribution >= 4 is 5.82 Å². The monoisotopic (exact) mass is 310 g/mol. The van der Waals surface area contributed by atoms with Gasteiger partial charge >= 0.3 is 0 Å². The highest BCUT2D eigenvalue weighted by atomic mass is 16.5. The number of benzene rings is 1. The Kier molecular flexibility index (Phi) is 4.04. The van der Waals surface area contributed by atoms with Crippen molar-refractivity contribution in [3.05, 3.63) is 46.6 Å². The summed E-state index contributed by atoms with van der Waals surface area (Å²) >= 11 is 0. The molecule has 3 N–H and O–H groups in total. The van der Waals surface area contributed by atoms with Crippen LogP contribution in [0.2, 0.25) is 0 Å². The molecule has 6 heteroatoms. The van der Waals surface area contributed by atoms with Crippen LogP contribution < -0.4 is 20.5 Å². The van der Waals surface area contributed by atoms with E-state index >= 15 is 0 Å². The third-order valence-electron chi connectivity index (χ3n) is 4.14. The topological polar surface area (TPSA) is 93.2 Å². The number of nitrogens with two attached hydrogens (primary N) is 1. The van der Waals surface area contributed by atoms with Crippen LogP contribution >= 0.6 is 0 Å². The first-order valence-electron chi connectivity index (χ1n) is 7.30. The SMILES string of the molecule is COc1cccc(CC2NCc3cnc(N)c(C#N)c32)c1OC. The van der Waals surface area contributed by atoms with Crippen LogP contribution in [-0.4, -0.2) is 19.2 Å². The van der Waals surface area contributed by atoms with Crippen LogP contribution in [0.25, 0.3) is 0 Å². The van der Waals surface area contributed by atoms with Gasteiger partial charge < -0.3 is 20.5 Å². The number of hydrogen-bond donors (Lipinski definition) is 2. The van der Waals surface area contributed by atoms with E-state index in [0.717, 1.165) is 16.7 Å². The van der Waals surface area contributed by atoms with Gasteiger partial charge in [0.15, 0.2) is 11.5 Å². The Balaban J connectivity index is 2.00. The minimum absolute atomic E-state index is 0.00837. The van der Waals surface area contributed by atoms with Crippen molar-refractivity contribution in [1.82, 2.24) is 10.3 Å². The molecule has 1 aromatic heterocycles. The van der Waals surface area contributed by atoms with E-state index in [4.69, 9.17) is 15.2 Å². The van der Waals surface area contributed by atoms with E-state index < -0.39 is 0 Å². The average Bonchev–Trinajstić information content (AvgIpc) is 2.97. The summed E-state index contributed by atoms with van der Waals surface area (Å²) in [5, 5.41) is 12.8. The fraction of sp³-hybridized carbons (Fsp3) is 0.294. The van der Waals surface area contributed by atoms with Gasteiger partial charge in [-0.2, -0.15) is 5.26 Å². The number of rotatable bonds is 4. The molecule has 2 aromatic rings. The van der Waals surface area contributed by atoms with Crippen molar-refractivity contribution in [1.29, 1.82) is 5.26 Å². The number of nitrogens with zero attached hydrogens (tertiary/aromatic N) is 2. The molecule has 1 aromatic carbocycles. The summed E-state index contributed by atoms with van der Waals surface area (Å²) in [6, 6.07) is 7.96. The molecule has 0 fully saturated rings. The maximum atomic E-state index is 9.41. The molecule has 1 atom stereocenters. The number of nitriles is 1. The van der Waals surface area contributed by atoms with Crippen LogP contribution in [0.1, 0.15) is 28.3 Å². The lowest BCUT2D eigenvalue weighted by molar-refractivity contribution is 0.350. The normalized spacial score (nSPS) is 15.8. The first kappa shape index (κ1) is 15.1. The number of nitrogens with one attached hydrogen (secondary N) is 1. The lowest BCUT2D eigenvalue weighted by atomic mass is 9.95. The summed E-state index contributed by atoms with van der Waals surface area (Å²) in [5.74, 6) is 1.68. The third-order valence-corrected chi connectivity index (χ3v) is 4.14. The number of fused-ring (bicyclic) bond motifs is 1. The maximum Gasteiger partial charge on any atom is 0.163 e. The minimum Gasteiger partial charge on any atom is -0.493 e. The van der Waals surface area contributed by atoms with Crippen molar-refractivity contribution in [2.24, 2.45) is 0 Å². The molecule has 0 saturated heterocycles. The lowest BCUT2D eigenvalue weighted by Gasteiger charge is -2.17. The van der Waals surface area contributed by atoms with Gasteiger partial charge in [-0.1, -0.05) is 12.1 Å². The van der Waals surface area contributed by atoms with E-state index in [0.29, 0.717) is 30.0 Å². The van der Waals surface area contributed by atoms with E-state index in [9.17, 15) is 5.26 Å². The van der Waals surface area contributed by atoms with Gasteiger partial charge in [0.25, 0.3) is 0 Å². The van der Waals surface area contributed by atoms with Crippen LogP contribution in [0.5, 0.6) is 11.5 Å². The molecule has 0 amide bonds. The van der Waals surface area contributed by atoms with Gasteiger partial charge in [0.05, 0.1) is 19.8 Å². The smallest absolute Gasteiger partial charge is 0.163 e. The molecule has 118 valence electrons. The first-order valence-corrected chi connectivity index (χ1v) is 7.30. The largest absolute Gasteiger partial charge is 0.493 e. The number of nitrogen functional groups attached to an aromatic ring is 1. The highest BCUT2D eigenvalue weighted by molar-refractivity contribution is 5.58. The van der Waals surface area contributed by atoms with Gasteiger partial charge in [-0.05, 0) is 29.2 Å². The summed E-state index contributed by atoms with van der Waals surface area (Å²) < 4.78 is 10.8. The molecule has 0 saturated carbocycles. The summed E-state index contributed by atoms with van der Waals surface area (Å²) in [4.78, 5) is 4.09. The third kappa shape index (κ3) is 2.56. The van der Waals surface area contributed by atoms with E-state index in [1.165, 1.54) is 0 Å². The molecule has 0 bridgehead atoms. The Morgan fingerprint density at radius 3 is 2.91 bits per heavy atom. The van der Waals surface area contributed by atoms with Crippen molar-refractivity contribution in [3.63, 3.8) is 0 Å². The van der Waals surface area contributed by atoms with Gasteiger partial charge in [0.2, 0.25) is 0 Å². The zero-order valence-electron chi connectivity index (χ0n) is 13.1. The second kappa shape index (κ2) is 6.15. The fourth-order valence-electron chi connectivity index (χ4n) is 3.08. The zero-order chi connectivity index (χ0) is 16.4. The first-order chi connectivity index (χ1) is 11.2. The van der Waals surface area contributed by atoms with Crippen LogP contribution in [0, 0.1) is 11.3 Å². The van der Waals surface area contributed by atoms with Crippen molar-refractivity contribution < 1.29 is 9.47 Å². The van der Waals surface area contributed by atoms with E-state index in [-0.39, 0.29) is 11.9 Å². The fourth-order valence-corrected chi connectivity index (χ4v) is 3.08. The molecular formula is C17H18N4O2. The standard InChI is InChI=1S/C17H18N4O2/c1-22-14-5-3-4-10(16(14)23-2)6-13-15-11(8-20-13)9-21-17(19)12(15)7-18/h3-5,9,13,20H,6,8H2,1-2H3,(H2,19,21). The van der Waals surface area contributed by atoms with E-state index in [1.807, 2.05) is 18.2 Å². The molecule has 0 spiro atoms. The molecule has 0 aliphatic carbocycles. The van der Waals surface area contributed by atoms with Crippen LogP contribution in [0.3, 0.4) is 0 Å². The molecule has 1 aliphatic rings. The Bertz CT molecular complexity index is 783. The van der Waals surface area contributed by atoms with Crippen molar-refractivity contribution in [2.45, 2.75) is 19.0 Å². The molecule has 1 aliphatic heterocycles. The second-order valence-electron chi connectivity index (χ2n) is 5.36. The molecule has 0 radical (unpaired) electrons. The van der Waals surface area contributed by atoms with Crippen LogP contribution in [-0.2, 0) is 13.0 Å². The minimum atomic E-state index is -0.00837. The zero-order valence-corrected chi connectivity index (χ0v) is 13.1. The van der Waals surface area contributed by atoms with Crippen LogP contribution in [0.15, 0.2) is 24.4 Å². The number of aromatic nitrogens is 1. The molecular weight excluding hydrogens is 292 g/mol. The number of anilines is 1. The highest BCUT2D eigenvalue weighted by Crippen LogP contribution is 2.37. The van der Waals surface area contributed by atoms with E-state index in [2.05, 4.69) is 16.4 Å². The predicted octanol–water partition coefficient (Wildman–Crippen LogP) is 1.94. The average molecular weight is 310 g/mol. The van der Waals surface area contributed by atoms with Gasteiger partial charge in [-0.25, -0.2) is 4.98 Å². The van der Waals surface area contributed by atoms with Crippen LogP contribution in [0.4, 0.5) is 5.82 Å². The van der Waals surface area contributed by atoms with Gasteiger partial charge in [0, 0.05) is 18.8 Å². The summed E-state index contributed by atoms with van der Waals surface area (Å²) in [6.45, 7) is 0.675. The molecule has 23 heavy (non-hydrogen) atoms. The van der Waals surface area contributed by atoms with Gasteiger partial charge in [-0.15, -0.1) is 0 Å². The number of pyridine rings is 1. The molecule has 3 rings (SSSR count). The van der Waals surface area contributed by atoms with Crippen molar-refractivity contribution in [2.75, 3.05) is 20.0 Å². The summed E-state index contributed by atoms with van der Waals surface area (Å²) in [7, 11) is 3.24. The quantitative estimate of drug-likeness (QED) is 0.896. The Hall–Kier alpha value is -2.78. The Morgan fingerprint density at radius 1 is 1.39 bits per heavy atom. The Morgan fingerprint density at radius 2 is 2.22 bits per heavy atom. The number of ether oxygens (including phenoxy) is 2. The number of hydrogen-bond acceptors (Lipinski definition) is 6. The molecule has 6 nitrogen and oxygen atoms in total. The lowest BCUT2D eigenvalue weighted by Crippen LogP contribution is -2.16. The number of methoxy groups -OCH3 is 2. The summed E-state index contributed by atoms with van der Waals surface area (Å²) in [6.07, 6.45) is 2.41. The van der Waals surface area contributed by atoms with Gasteiger partial charge in [0.1, 0.15) is 11.9 Å².